The molecular formula is C22H23N5O2S2. The molecular weight excluding hydrogens is 430 g/mol. The highest BCUT2D eigenvalue weighted by atomic mass is 32.2. The van der Waals surface area contributed by atoms with Gasteiger partial charge in [-0.05, 0) is 38.0 Å². The van der Waals surface area contributed by atoms with Crippen LogP contribution in [0.4, 0.5) is 0 Å². The van der Waals surface area contributed by atoms with E-state index in [1.807, 2.05) is 52.9 Å². The third-order valence-electron chi connectivity index (χ3n) is 5.44. The molecule has 0 N–H and O–H groups in total. The first-order valence-electron chi connectivity index (χ1n) is 10.5. The van der Waals surface area contributed by atoms with Crippen molar-refractivity contribution in [3.8, 4) is 16.5 Å². The van der Waals surface area contributed by atoms with Gasteiger partial charge in [0.2, 0.25) is 5.91 Å². The van der Waals surface area contributed by atoms with Crippen molar-refractivity contribution >= 4 is 39.2 Å². The largest absolute Gasteiger partial charge is 0.410 e. The van der Waals surface area contributed by atoms with Crippen molar-refractivity contribution in [2.45, 2.75) is 37.8 Å². The average Bonchev–Trinajstić information content (AvgIpc) is 3.44. The minimum atomic E-state index is 0.145. The molecule has 4 heterocycles. The summed E-state index contributed by atoms with van der Waals surface area (Å²) in [5, 5.41) is 14.5. The summed E-state index contributed by atoms with van der Waals surface area (Å²) in [5.74, 6) is 0.952. The summed E-state index contributed by atoms with van der Waals surface area (Å²) in [6.07, 6.45) is 4.60. The lowest BCUT2D eigenvalue weighted by Crippen LogP contribution is -2.33. The van der Waals surface area contributed by atoms with Crippen LogP contribution in [0, 0.1) is 6.92 Å². The minimum Gasteiger partial charge on any atom is -0.410 e. The molecule has 1 aliphatic rings. The number of nitrogens with zero attached hydrogens (tertiary/aromatic N) is 5. The molecule has 1 aromatic carbocycles. The fourth-order valence-electron chi connectivity index (χ4n) is 3.80. The van der Waals surface area contributed by atoms with E-state index in [9.17, 15) is 4.79 Å². The number of carbonyl (C=O) groups excluding carboxylic acids is 1. The lowest BCUT2D eigenvalue weighted by atomic mass is 10.2. The van der Waals surface area contributed by atoms with Crippen LogP contribution >= 0.6 is 23.1 Å². The standard InChI is InChI=1S/C22H23N5O2S2/c1-15-17-13-18(31-21(17)27(25-15)16-9-5-4-6-10-16)20-23-24-22(29-20)30-14-19(28)26-11-7-2-3-8-12-26/h4-6,9-10,13H,2-3,7-8,11-12,14H2,1H3. The Kier molecular flexibility index (Phi) is 5.78. The average molecular weight is 454 g/mol. The van der Waals surface area contributed by atoms with Crippen molar-refractivity contribution < 1.29 is 9.21 Å². The second kappa shape index (κ2) is 8.84. The van der Waals surface area contributed by atoms with Crippen molar-refractivity contribution in [3.63, 3.8) is 0 Å². The van der Waals surface area contributed by atoms with Gasteiger partial charge in [0, 0.05) is 18.5 Å². The van der Waals surface area contributed by atoms with E-state index < -0.39 is 0 Å². The summed E-state index contributed by atoms with van der Waals surface area (Å²) in [4.78, 5) is 16.4. The van der Waals surface area contributed by atoms with Gasteiger partial charge in [-0.25, -0.2) is 4.68 Å². The van der Waals surface area contributed by atoms with Crippen LogP contribution in [-0.2, 0) is 4.79 Å². The fourth-order valence-corrected chi connectivity index (χ4v) is 5.57. The molecule has 1 amide bonds. The van der Waals surface area contributed by atoms with Gasteiger partial charge in [0.15, 0.2) is 0 Å². The number of hydrogen-bond acceptors (Lipinski definition) is 7. The van der Waals surface area contributed by atoms with Crippen molar-refractivity contribution in [2.24, 2.45) is 0 Å². The van der Waals surface area contributed by atoms with Crippen LogP contribution in [0.25, 0.3) is 26.7 Å². The summed E-state index contributed by atoms with van der Waals surface area (Å²) < 4.78 is 7.82. The molecule has 0 saturated carbocycles. The van der Waals surface area contributed by atoms with Crippen molar-refractivity contribution in [3.05, 3.63) is 42.1 Å². The van der Waals surface area contributed by atoms with Gasteiger partial charge in [-0.15, -0.1) is 21.5 Å². The van der Waals surface area contributed by atoms with Crippen LogP contribution in [0.2, 0.25) is 0 Å². The number of amides is 1. The minimum absolute atomic E-state index is 0.145. The van der Waals surface area contributed by atoms with Crippen LogP contribution in [0.3, 0.4) is 0 Å². The van der Waals surface area contributed by atoms with Gasteiger partial charge < -0.3 is 9.32 Å². The van der Waals surface area contributed by atoms with Crippen LogP contribution in [0.15, 0.2) is 46.0 Å². The summed E-state index contributed by atoms with van der Waals surface area (Å²) >= 11 is 2.89. The quantitative estimate of drug-likeness (QED) is 0.398. The number of likely N-dealkylation sites (tertiary alicyclic amines) is 1. The first kappa shape index (κ1) is 20.3. The van der Waals surface area contributed by atoms with E-state index in [4.69, 9.17) is 4.42 Å². The number of hydrogen-bond donors (Lipinski definition) is 0. The number of rotatable bonds is 5. The molecule has 1 fully saturated rings. The van der Waals surface area contributed by atoms with Crippen molar-refractivity contribution in [1.29, 1.82) is 0 Å². The second-order valence-corrected chi connectivity index (χ2v) is 9.58. The molecule has 0 spiro atoms. The Balaban J connectivity index is 1.32. The molecule has 5 rings (SSSR count). The zero-order chi connectivity index (χ0) is 21.2. The molecule has 1 aliphatic heterocycles. The molecule has 160 valence electrons. The fraction of sp³-hybridized carbons (Fsp3) is 0.364. The summed E-state index contributed by atoms with van der Waals surface area (Å²) in [5.41, 5.74) is 1.97. The Morgan fingerprint density at radius 3 is 2.68 bits per heavy atom. The van der Waals surface area contributed by atoms with Gasteiger partial charge >= 0.3 is 0 Å². The van der Waals surface area contributed by atoms with Crippen LogP contribution in [-0.4, -0.2) is 49.6 Å². The molecule has 1 saturated heterocycles. The zero-order valence-corrected chi connectivity index (χ0v) is 18.9. The van der Waals surface area contributed by atoms with E-state index in [2.05, 4.69) is 15.3 Å². The Morgan fingerprint density at radius 1 is 1.13 bits per heavy atom. The molecule has 9 heteroatoms. The number of thiophene rings is 1. The molecule has 0 radical (unpaired) electrons. The maximum atomic E-state index is 12.5. The van der Waals surface area contributed by atoms with Crippen LogP contribution in [0.1, 0.15) is 31.4 Å². The van der Waals surface area contributed by atoms with Gasteiger partial charge in [0.1, 0.15) is 4.83 Å². The number of para-hydroxylation sites is 1. The summed E-state index contributed by atoms with van der Waals surface area (Å²) in [6.45, 7) is 3.71. The maximum Gasteiger partial charge on any atom is 0.277 e. The van der Waals surface area contributed by atoms with E-state index in [1.54, 1.807) is 11.3 Å². The first-order chi connectivity index (χ1) is 15.2. The molecule has 0 unspecified atom stereocenters. The monoisotopic (exact) mass is 453 g/mol. The molecule has 0 atom stereocenters. The third kappa shape index (κ3) is 4.24. The Hall–Kier alpha value is -2.65. The lowest BCUT2D eigenvalue weighted by molar-refractivity contribution is -0.128. The maximum absolute atomic E-state index is 12.5. The van der Waals surface area contributed by atoms with Gasteiger partial charge in [-0.3, -0.25) is 4.79 Å². The van der Waals surface area contributed by atoms with Crippen LogP contribution < -0.4 is 0 Å². The summed E-state index contributed by atoms with van der Waals surface area (Å²) in [7, 11) is 0. The molecule has 3 aromatic heterocycles. The highest BCUT2D eigenvalue weighted by Gasteiger charge is 2.20. The molecule has 0 aliphatic carbocycles. The highest BCUT2D eigenvalue weighted by molar-refractivity contribution is 7.99. The number of aromatic nitrogens is 4. The van der Waals surface area contributed by atoms with Gasteiger partial charge in [-0.1, -0.05) is 42.8 Å². The molecule has 4 aromatic rings. The van der Waals surface area contributed by atoms with E-state index in [0.717, 1.165) is 52.4 Å². The van der Waals surface area contributed by atoms with Gasteiger partial charge in [0.05, 0.1) is 22.0 Å². The smallest absolute Gasteiger partial charge is 0.277 e. The van der Waals surface area contributed by atoms with E-state index in [-0.39, 0.29) is 5.91 Å². The SMILES string of the molecule is Cc1nn(-c2ccccc2)c2sc(-c3nnc(SCC(=O)N4CCCCCC4)o3)cc12. The molecule has 7 nitrogen and oxygen atoms in total. The topological polar surface area (TPSA) is 77.1 Å². The Labute approximate surface area is 188 Å². The Bertz CT molecular complexity index is 1190. The number of aryl methyl sites for hydroxylation is 1. The van der Waals surface area contributed by atoms with Crippen LogP contribution in [0.5, 0.6) is 0 Å². The van der Waals surface area contributed by atoms with E-state index in [0.29, 0.717) is 16.9 Å². The zero-order valence-electron chi connectivity index (χ0n) is 17.3. The highest BCUT2D eigenvalue weighted by Crippen LogP contribution is 2.36. The molecule has 0 bridgehead atoms. The number of fused-ring (bicyclic) bond motifs is 1. The lowest BCUT2D eigenvalue weighted by Gasteiger charge is -2.19. The third-order valence-corrected chi connectivity index (χ3v) is 7.34. The van der Waals surface area contributed by atoms with E-state index in [1.165, 1.54) is 24.6 Å². The predicted octanol–water partition coefficient (Wildman–Crippen LogP) is 4.94. The number of thioether (sulfide) groups is 1. The summed E-state index contributed by atoms with van der Waals surface area (Å²) in [6, 6.07) is 12.1. The normalized spacial score (nSPS) is 14.8. The Morgan fingerprint density at radius 2 is 1.90 bits per heavy atom. The first-order valence-corrected chi connectivity index (χ1v) is 12.3. The second-order valence-electron chi connectivity index (χ2n) is 7.62. The number of carbonyl (C=O) groups is 1. The van der Waals surface area contributed by atoms with Gasteiger partial charge in [0.25, 0.3) is 11.1 Å². The van der Waals surface area contributed by atoms with E-state index >= 15 is 0 Å². The van der Waals surface area contributed by atoms with Gasteiger partial charge in [-0.2, -0.15) is 5.10 Å². The molecule has 31 heavy (non-hydrogen) atoms. The van der Waals surface area contributed by atoms with Crippen molar-refractivity contribution in [1.82, 2.24) is 24.9 Å². The number of benzene rings is 1. The predicted molar refractivity (Wildman–Crippen MR) is 123 cm³/mol. The van der Waals surface area contributed by atoms with Crippen molar-refractivity contribution in [2.75, 3.05) is 18.8 Å².